The van der Waals surface area contributed by atoms with E-state index >= 15 is 0 Å². The Labute approximate surface area is 189 Å². The van der Waals surface area contributed by atoms with Crippen molar-refractivity contribution in [1.82, 2.24) is 9.88 Å². The molecule has 1 N–H and O–H groups in total. The highest BCUT2D eigenvalue weighted by atomic mass is 32.2. The van der Waals surface area contributed by atoms with E-state index in [1.807, 2.05) is 24.3 Å². The molecule has 0 radical (unpaired) electrons. The minimum atomic E-state index is -0.559. The standard InChI is InChI=1S/C27H16N4S/c28-15-19-13-21(14-20(16-29)30-19)31-24-7-3-2-6-22(24)23-12-11-18-10-9-17-5-1-4-8-25(17)32-27(18)26(23)31/h1-14,19,30H. The van der Waals surface area contributed by atoms with Crippen LogP contribution in [-0.2, 0) is 0 Å². The summed E-state index contributed by atoms with van der Waals surface area (Å²) in [6.07, 6.45) is 8.04. The molecule has 4 aromatic rings. The third kappa shape index (κ3) is 2.76. The van der Waals surface area contributed by atoms with Crippen LogP contribution in [0.1, 0.15) is 11.1 Å². The number of rotatable bonds is 1. The lowest BCUT2D eigenvalue weighted by Crippen LogP contribution is -2.28. The number of nitrogens with zero attached hydrogens (tertiary/aromatic N) is 3. The predicted octanol–water partition coefficient (Wildman–Crippen LogP) is 6.17. The third-order valence-electron chi connectivity index (χ3n) is 5.85. The molecule has 1 aromatic heterocycles. The second-order valence-electron chi connectivity index (χ2n) is 7.72. The van der Waals surface area contributed by atoms with Gasteiger partial charge in [0.1, 0.15) is 17.8 Å². The molecule has 2 aliphatic rings. The molecule has 32 heavy (non-hydrogen) atoms. The molecule has 0 spiro atoms. The van der Waals surface area contributed by atoms with Crippen LogP contribution in [-0.4, -0.2) is 10.6 Å². The minimum absolute atomic E-state index is 0.389. The van der Waals surface area contributed by atoms with Crippen LogP contribution in [0.5, 0.6) is 0 Å². The summed E-state index contributed by atoms with van der Waals surface area (Å²) in [6, 6.07) is 24.9. The lowest BCUT2D eigenvalue weighted by atomic mass is 10.1. The molecule has 4 nitrogen and oxygen atoms in total. The topological polar surface area (TPSA) is 64.5 Å². The molecule has 1 atom stereocenters. The van der Waals surface area contributed by atoms with Gasteiger partial charge < -0.3 is 9.88 Å². The van der Waals surface area contributed by atoms with E-state index in [0.29, 0.717) is 5.70 Å². The van der Waals surface area contributed by atoms with Gasteiger partial charge in [-0.25, -0.2) is 0 Å². The maximum atomic E-state index is 9.57. The molecular formula is C27H16N4S. The highest BCUT2D eigenvalue weighted by Gasteiger charge is 2.23. The Morgan fingerprint density at radius 2 is 1.69 bits per heavy atom. The average molecular weight is 429 g/mol. The fourth-order valence-corrected chi connectivity index (χ4v) is 5.61. The highest BCUT2D eigenvalue weighted by molar-refractivity contribution is 7.99. The van der Waals surface area contributed by atoms with Crippen molar-refractivity contribution in [2.75, 3.05) is 0 Å². The van der Waals surface area contributed by atoms with Crippen molar-refractivity contribution in [3.05, 3.63) is 89.6 Å². The van der Waals surface area contributed by atoms with Gasteiger partial charge in [-0.1, -0.05) is 72.4 Å². The Bertz CT molecular complexity index is 1600. The summed E-state index contributed by atoms with van der Waals surface area (Å²) in [6.45, 7) is 0. The summed E-state index contributed by atoms with van der Waals surface area (Å²) >= 11 is 1.76. The smallest absolute Gasteiger partial charge is 0.136 e. The summed E-state index contributed by atoms with van der Waals surface area (Å²) < 4.78 is 2.20. The van der Waals surface area contributed by atoms with Crippen LogP contribution in [0.2, 0.25) is 0 Å². The van der Waals surface area contributed by atoms with Crippen molar-refractivity contribution < 1.29 is 0 Å². The van der Waals surface area contributed by atoms with Crippen LogP contribution in [0, 0.1) is 22.7 Å². The van der Waals surface area contributed by atoms with Crippen LogP contribution < -0.4 is 5.32 Å². The summed E-state index contributed by atoms with van der Waals surface area (Å²) in [4.78, 5) is 2.37. The van der Waals surface area contributed by atoms with Crippen molar-refractivity contribution in [1.29, 1.82) is 10.5 Å². The zero-order chi connectivity index (χ0) is 21.7. The first kappa shape index (κ1) is 18.6. The monoisotopic (exact) mass is 428 g/mol. The first-order chi connectivity index (χ1) is 15.8. The second-order valence-corrected chi connectivity index (χ2v) is 8.77. The summed E-state index contributed by atoms with van der Waals surface area (Å²) in [5, 5.41) is 24.4. The van der Waals surface area contributed by atoms with Crippen molar-refractivity contribution in [2.45, 2.75) is 15.8 Å². The number of aromatic nitrogens is 1. The fourth-order valence-electron chi connectivity index (χ4n) is 4.44. The number of para-hydroxylation sites is 1. The molecule has 0 saturated carbocycles. The van der Waals surface area contributed by atoms with Crippen LogP contribution in [0.3, 0.4) is 0 Å². The van der Waals surface area contributed by atoms with Crippen LogP contribution in [0.15, 0.2) is 88.3 Å². The van der Waals surface area contributed by atoms with Gasteiger partial charge in [-0.2, -0.15) is 10.5 Å². The van der Waals surface area contributed by atoms with Gasteiger partial charge in [-0.05, 0) is 35.4 Å². The van der Waals surface area contributed by atoms with Gasteiger partial charge in [0.2, 0.25) is 0 Å². The number of dihydropyridines is 1. The summed E-state index contributed by atoms with van der Waals surface area (Å²) in [5.41, 5.74) is 5.71. The number of fused-ring (bicyclic) bond motifs is 6. The molecule has 0 fully saturated rings. The molecule has 2 aliphatic heterocycles. The Morgan fingerprint density at radius 3 is 2.56 bits per heavy atom. The zero-order valence-electron chi connectivity index (χ0n) is 16.9. The minimum Gasteiger partial charge on any atom is -0.358 e. The average Bonchev–Trinajstić information content (AvgIpc) is 3.06. The van der Waals surface area contributed by atoms with Gasteiger partial charge in [0.25, 0.3) is 0 Å². The molecule has 1 unspecified atom stereocenters. The summed E-state index contributed by atoms with van der Waals surface area (Å²) in [7, 11) is 0. The number of nitrogens with one attached hydrogen (secondary N) is 1. The van der Waals surface area contributed by atoms with Gasteiger partial charge in [-0.3, -0.25) is 0 Å². The molecule has 0 saturated heterocycles. The maximum Gasteiger partial charge on any atom is 0.136 e. The number of hydrogen-bond acceptors (Lipinski definition) is 4. The highest BCUT2D eigenvalue weighted by Crippen LogP contribution is 2.45. The van der Waals surface area contributed by atoms with E-state index in [0.717, 1.165) is 33.1 Å². The first-order valence-electron chi connectivity index (χ1n) is 10.3. The van der Waals surface area contributed by atoms with Crippen molar-refractivity contribution in [3.8, 4) is 12.1 Å². The Balaban J connectivity index is 1.72. The number of benzene rings is 3. The Kier molecular flexibility index (Phi) is 4.18. The van der Waals surface area contributed by atoms with E-state index in [4.69, 9.17) is 0 Å². The summed E-state index contributed by atoms with van der Waals surface area (Å²) in [5.74, 6) is 0. The van der Waals surface area contributed by atoms with Gasteiger partial charge in [-0.15, -0.1) is 0 Å². The van der Waals surface area contributed by atoms with Gasteiger partial charge in [0.15, 0.2) is 0 Å². The number of allylic oxidation sites excluding steroid dienone is 3. The Hall–Kier alpha value is -4.19. The maximum absolute atomic E-state index is 9.57. The largest absolute Gasteiger partial charge is 0.358 e. The number of hydrogen-bond donors (Lipinski definition) is 1. The van der Waals surface area contributed by atoms with Crippen LogP contribution in [0.25, 0.3) is 39.7 Å². The van der Waals surface area contributed by atoms with E-state index in [-0.39, 0.29) is 0 Å². The van der Waals surface area contributed by atoms with Gasteiger partial charge in [0.05, 0.1) is 17.1 Å². The van der Waals surface area contributed by atoms with Crippen LogP contribution >= 0.6 is 11.8 Å². The van der Waals surface area contributed by atoms with E-state index in [1.165, 1.54) is 15.4 Å². The van der Waals surface area contributed by atoms with E-state index in [9.17, 15) is 10.5 Å². The zero-order valence-corrected chi connectivity index (χ0v) is 17.7. The van der Waals surface area contributed by atoms with E-state index in [2.05, 4.69) is 82.7 Å². The molecule has 3 aromatic carbocycles. The predicted molar refractivity (Wildman–Crippen MR) is 129 cm³/mol. The molecule has 6 rings (SSSR count). The first-order valence-corrected chi connectivity index (χ1v) is 11.1. The van der Waals surface area contributed by atoms with Crippen molar-refractivity contribution in [2.24, 2.45) is 0 Å². The normalized spacial score (nSPS) is 16.8. The lowest BCUT2D eigenvalue weighted by Gasteiger charge is -2.19. The van der Waals surface area contributed by atoms with Crippen molar-refractivity contribution >= 4 is 51.4 Å². The van der Waals surface area contributed by atoms with Crippen molar-refractivity contribution in [3.63, 3.8) is 0 Å². The van der Waals surface area contributed by atoms with Gasteiger partial charge in [0, 0.05) is 26.3 Å². The van der Waals surface area contributed by atoms with E-state index < -0.39 is 6.04 Å². The quantitative estimate of drug-likeness (QED) is 0.347. The van der Waals surface area contributed by atoms with Gasteiger partial charge >= 0.3 is 0 Å². The molecular weight excluding hydrogens is 412 g/mol. The molecule has 0 bridgehead atoms. The molecule has 3 heterocycles. The molecule has 0 aliphatic carbocycles. The SMILES string of the molecule is N#CC1=CC(n2c3ccccc3c3ccc4c(c32)Sc2ccccc2C=C4)=CC(C#N)N1. The Morgan fingerprint density at radius 1 is 0.875 bits per heavy atom. The second kappa shape index (κ2) is 7.20. The third-order valence-corrected chi connectivity index (χ3v) is 7.08. The number of nitriles is 2. The van der Waals surface area contributed by atoms with E-state index in [1.54, 1.807) is 11.8 Å². The molecule has 5 heteroatoms. The fraction of sp³-hybridized carbons (Fsp3) is 0.0370. The van der Waals surface area contributed by atoms with Crippen LogP contribution in [0.4, 0.5) is 0 Å². The lowest BCUT2D eigenvalue weighted by molar-refractivity contribution is 0.806. The molecule has 0 amide bonds. The molecule has 150 valence electrons.